The highest BCUT2D eigenvalue weighted by Gasteiger charge is 2.46. The maximum Gasteiger partial charge on any atom is 0.0911 e. The van der Waals surface area contributed by atoms with E-state index in [1.165, 1.54) is 37.0 Å². The topological polar surface area (TPSA) is 0 Å². The van der Waals surface area contributed by atoms with Crippen molar-refractivity contribution in [2.24, 2.45) is 5.92 Å². The standard InChI is InChI=1S/C11H22NS/c1-9(2)12-6-4-10(5-7-12)11(8-12)13-3/h9-11H,4-8H2,1-3H3/q+1. The van der Waals surface area contributed by atoms with E-state index in [9.17, 15) is 0 Å². The second kappa shape index (κ2) is 3.47. The summed E-state index contributed by atoms with van der Waals surface area (Å²) in [6, 6.07) is 0.843. The molecule has 0 spiro atoms. The van der Waals surface area contributed by atoms with Gasteiger partial charge in [0.05, 0.1) is 30.9 Å². The summed E-state index contributed by atoms with van der Waals surface area (Å²) in [6.45, 7) is 9.17. The summed E-state index contributed by atoms with van der Waals surface area (Å²) in [6.07, 6.45) is 5.27. The van der Waals surface area contributed by atoms with Crippen molar-refractivity contribution < 1.29 is 4.48 Å². The summed E-state index contributed by atoms with van der Waals surface area (Å²) in [7, 11) is 0. The van der Waals surface area contributed by atoms with Crippen molar-refractivity contribution >= 4 is 11.8 Å². The van der Waals surface area contributed by atoms with Crippen LogP contribution in [0.1, 0.15) is 26.7 Å². The number of thioether (sulfide) groups is 1. The molecule has 3 aliphatic heterocycles. The van der Waals surface area contributed by atoms with Gasteiger partial charge in [-0.25, -0.2) is 0 Å². The molecule has 3 aliphatic rings. The van der Waals surface area contributed by atoms with Crippen LogP contribution in [0.15, 0.2) is 0 Å². The van der Waals surface area contributed by atoms with Gasteiger partial charge in [0.2, 0.25) is 0 Å². The largest absolute Gasteiger partial charge is 0.321 e. The minimum Gasteiger partial charge on any atom is -0.321 e. The molecule has 13 heavy (non-hydrogen) atoms. The lowest BCUT2D eigenvalue weighted by atomic mass is 9.84. The number of hydrogen-bond acceptors (Lipinski definition) is 1. The van der Waals surface area contributed by atoms with Crippen molar-refractivity contribution in [3.8, 4) is 0 Å². The Balaban J connectivity index is 2.13. The first-order valence-electron chi connectivity index (χ1n) is 5.56. The zero-order valence-electron chi connectivity index (χ0n) is 9.12. The first-order valence-corrected chi connectivity index (χ1v) is 6.85. The summed E-state index contributed by atoms with van der Waals surface area (Å²) in [4.78, 5) is 0. The second-order valence-corrected chi connectivity index (χ2v) is 6.13. The van der Waals surface area contributed by atoms with Crippen LogP contribution in [0.5, 0.6) is 0 Å². The molecule has 1 atom stereocenters. The van der Waals surface area contributed by atoms with Crippen LogP contribution in [0.25, 0.3) is 0 Å². The Morgan fingerprint density at radius 1 is 1.23 bits per heavy atom. The lowest BCUT2D eigenvalue weighted by Crippen LogP contribution is -2.65. The SMILES string of the molecule is CSC1C[N+]2(C(C)C)CCC1CC2. The third-order valence-electron chi connectivity index (χ3n) is 4.36. The minimum absolute atomic E-state index is 0.843. The monoisotopic (exact) mass is 200 g/mol. The van der Waals surface area contributed by atoms with Gasteiger partial charge in [0, 0.05) is 12.8 Å². The second-order valence-electron chi connectivity index (χ2n) is 5.05. The van der Waals surface area contributed by atoms with Crippen LogP contribution in [0.2, 0.25) is 0 Å². The van der Waals surface area contributed by atoms with Gasteiger partial charge in [0.1, 0.15) is 0 Å². The predicted octanol–water partition coefficient (Wildman–Crippen LogP) is 2.37. The molecule has 0 radical (unpaired) electrons. The molecule has 3 rings (SSSR count). The number of piperidine rings is 3. The van der Waals surface area contributed by atoms with Crippen LogP contribution in [0, 0.1) is 5.92 Å². The molecule has 2 bridgehead atoms. The van der Waals surface area contributed by atoms with Gasteiger partial charge in [-0.1, -0.05) is 0 Å². The van der Waals surface area contributed by atoms with E-state index in [1.54, 1.807) is 0 Å². The molecular formula is C11H22NS+. The molecule has 2 heteroatoms. The summed E-state index contributed by atoms with van der Waals surface area (Å²) in [5.74, 6) is 1.05. The van der Waals surface area contributed by atoms with Gasteiger partial charge >= 0.3 is 0 Å². The molecule has 3 heterocycles. The van der Waals surface area contributed by atoms with E-state index in [0.29, 0.717) is 0 Å². The Labute approximate surface area is 86.5 Å². The fourth-order valence-electron chi connectivity index (χ4n) is 3.16. The smallest absolute Gasteiger partial charge is 0.0911 e. The van der Waals surface area contributed by atoms with Crippen molar-refractivity contribution in [2.75, 3.05) is 25.9 Å². The van der Waals surface area contributed by atoms with E-state index < -0.39 is 0 Å². The maximum absolute atomic E-state index is 2.41. The third kappa shape index (κ3) is 1.52. The molecule has 3 fully saturated rings. The van der Waals surface area contributed by atoms with E-state index in [-0.39, 0.29) is 0 Å². The molecule has 0 aromatic rings. The Morgan fingerprint density at radius 2 is 1.85 bits per heavy atom. The molecular weight excluding hydrogens is 178 g/mol. The van der Waals surface area contributed by atoms with Gasteiger partial charge in [-0.05, 0) is 26.0 Å². The van der Waals surface area contributed by atoms with Gasteiger partial charge in [0.15, 0.2) is 0 Å². The summed E-state index contributed by atoms with van der Waals surface area (Å²) in [5, 5.41) is 0.963. The minimum atomic E-state index is 0.843. The molecule has 0 N–H and O–H groups in total. The number of quaternary nitrogens is 1. The molecule has 0 saturated carbocycles. The highest BCUT2D eigenvalue weighted by molar-refractivity contribution is 7.99. The number of hydrogen-bond donors (Lipinski definition) is 0. The van der Waals surface area contributed by atoms with E-state index in [0.717, 1.165) is 17.2 Å². The van der Waals surface area contributed by atoms with Crippen molar-refractivity contribution in [2.45, 2.75) is 38.0 Å². The Morgan fingerprint density at radius 3 is 2.31 bits per heavy atom. The predicted molar refractivity (Wildman–Crippen MR) is 60.0 cm³/mol. The van der Waals surface area contributed by atoms with Crippen molar-refractivity contribution in [1.29, 1.82) is 0 Å². The molecule has 0 amide bonds. The fourth-order valence-corrected chi connectivity index (χ4v) is 4.26. The lowest BCUT2D eigenvalue weighted by Gasteiger charge is -2.54. The zero-order chi connectivity index (χ0) is 9.47. The third-order valence-corrected chi connectivity index (χ3v) is 5.50. The van der Waals surface area contributed by atoms with Gasteiger partial charge < -0.3 is 4.48 Å². The first kappa shape index (κ1) is 9.85. The number of rotatable bonds is 2. The average Bonchev–Trinajstić information content (AvgIpc) is 2.19. The van der Waals surface area contributed by atoms with Gasteiger partial charge in [-0.3, -0.25) is 0 Å². The molecule has 1 nitrogen and oxygen atoms in total. The fraction of sp³-hybridized carbons (Fsp3) is 1.00. The first-order chi connectivity index (χ1) is 6.18. The molecule has 1 unspecified atom stereocenters. The van der Waals surface area contributed by atoms with Gasteiger partial charge in [-0.2, -0.15) is 11.8 Å². The van der Waals surface area contributed by atoms with Crippen molar-refractivity contribution in [3.63, 3.8) is 0 Å². The highest BCUT2D eigenvalue weighted by Crippen LogP contribution is 2.40. The number of fused-ring (bicyclic) bond motifs is 3. The number of nitrogens with zero attached hydrogens (tertiary/aromatic N) is 1. The zero-order valence-corrected chi connectivity index (χ0v) is 9.94. The Hall–Kier alpha value is 0.310. The molecule has 3 saturated heterocycles. The van der Waals surface area contributed by atoms with Crippen LogP contribution in [0.3, 0.4) is 0 Å². The quantitative estimate of drug-likeness (QED) is 0.617. The lowest BCUT2D eigenvalue weighted by molar-refractivity contribution is -0.960. The maximum atomic E-state index is 2.41. The van der Waals surface area contributed by atoms with Crippen molar-refractivity contribution in [3.05, 3.63) is 0 Å². The van der Waals surface area contributed by atoms with E-state index in [2.05, 4.69) is 31.9 Å². The molecule has 0 aliphatic carbocycles. The van der Waals surface area contributed by atoms with E-state index in [4.69, 9.17) is 0 Å². The molecule has 0 aromatic carbocycles. The van der Waals surface area contributed by atoms with Gasteiger partial charge in [-0.15, -0.1) is 0 Å². The Kier molecular flexibility index (Phi) is 2.63. The van der Waals surface area contributed by atoms with Crippen LogP contribution in [0.4, 0.5) is 0 Å². The van der Waals surface area contributed by atoms with Gasteiger partial charge in [0.25, 0.3) is 0 Å². The van der Waals surface area contributed by atoms with Crippen LogP contribution >= 0.6 is 11.8 Å². The van der Waals surface area contributed by atoms with E-state index in [1.807, 2.05) is 0 Å². The summed E-state index contributed by atoms with van der Waals surface area (Å²) < 4.78 is 1.42. The van der Waals surface area contributed by atoms with E-state index >= 15 is 0 Å². The summed E-state index contributed by atoms with van der Waals surface area (Å²) in [5.41, 5.74) is 0. The van der Waals surface area contributed by atoms with Crippen LogP contribution in [-0.2, 0) is 0 Å². The van der Waals surface area contributed by atoms with Crippen LogP contribution in [-0.4, -0.2) is 41.7 Å². The van der Waals surface area contributed by atoms with Crippen molar-refractivity contribution in [1.82, 2.24) is 0 Å². The normalized spacial score (nSPS) is 44.3. The summed E-state index contributed by atoms with van der Waals surface area (Å²) >= 11 is 2.11. The molecule has 76 valence electrons. The molecule has 0 aromatic heterocycles. The average molecular weight is 200 g/mol. The van der Waals surface area contributed by atoms with Crippen LogP contribution < -0.4 is 0 Å². The Bertz CT molecular complexity index is 183. The highest BCUT2D eigenvalue weighted by atomic mass is 32.2.